The van der Waals surface area contributed by atoms with Crippen LogP contribution in [0.15, 0.2) is 30.6 Å². The first kappa shape index (κ1) is 17.5. The Hall–Kier alpha value is -1.89. The van der Waals surface area contributed by atoms with Crippen molar-refractivity contribution < 1.29 is 13.2 Å². The third kappa shape index (κ3) is 3.55. The summed E-state index contributed by atoms with van der Waals surface area (Å²) in [6, 6.07) is 3.18. The van der Waals surface area contributed by atoms with Crippen LogP contribution in [0.5, 0.6) is 0 Å². The van der Waals surface area contributed by atoms with E-state index in [1.807, 2.05) is 13.8 Å². The van der Waals surface area contributed by atoms with Crippen LogP contribution in [-0.2, 0) is 5.41 Å². The minimum atomic E-state index is -4.37. The molecule has 1 N–H and O–H groups in total. The standard InChI is InChI=1S/C16H18F3N3S/c1-9(2)21-14-22-10(3)13(23-14)11-6-7-20-12(8-11)15(4,5)16(17,18)19/h6-8H,1H2,2-5H3,(H,21,22). The molecule has 2 aromatic heterocycles. The largest absolute Gasteiger partial charge is 0.399 e. The molecule has 0 saturated heterocycles. The lowest BCUT2D eigenvalue weighted by Crippen LogP contribution is -2.37. The summed E-state index contributed by atoms with van der Waals surface area (Å²) in [6.45, 7) is 9.66. The number of nitrogens with zero attached hydrogens (tertiary/aromatic N) is 2. The lowest BCUT2D eigenvalue weighted by atomic mass is 9.87. The lowest BCUT2D eigenvalue weighted by Gasteiger charge is -2.27. The molecule has 124 valence electrons. The van der Waals surface area contributed by atoms with Gasteiger partial charge in [-0.25, -0.2) is 4.98 Å². The Morgan fingerprint density at radius 3 is 2.52 bits per heavy atom. The smallest absolute Gasteiger partial charge is 0.336 e. The van der Waals surface area contributed by atoms with E-state index < -0.39 is 11.6 Å². The zero-order chi connectivity index (χ0) is 17.4. The van der Waals surface area contributed by atoms with Gasteiger partial charge in [-0.2, -0.15) is 13.2 Å². The zero-order valence-corrected chi connectivity index (χ0v) is 14.2. The third-order valence-electron chi connectivity index (χ3n) is 3.49. The molecule has 0 unspecified atom stereocenters. The van der Waals surface area contributed by atoms with Gasteiger partial charge >= 0.3 is 6.18 Å². The summed E-state index contributed by atoms with van der Waals surface area (Å²) in [7, 11) is 0. The summed E-state index contributed by atoms with van der Waals surface area (Å²) >= 11 is 1.38. The van der Waals surface area contributed by atoms with Crippen molar-refractivity contribution in [3.63, 3.8) is 0 Å². The molecule has 0 aliphatic rings. The van der Waals surface area contributed by atoms with Gasteiger partial charge in [0.1, 0.15) is 5.41 Å². The van der Waals surface area contributed by atoms with Crippen LogP contribution in [0.25, 0.3) is 10.4 Å². The van der Waals surface area contributed by atoms with Crippen LogP contribution < -0.4 is 5.32 Å². The fourth-order valence-corrected chi connectivity index (χ4v) is 3.00. The Morgan fingerprint density at radius 1 is 1.30 bits per heavy atom. The van der Waals surface area contributed by atoms with Crippen molar-refractivity contribution in [2.45, 2.75) is 39.3 Å². The van der Waals surface area contributed by atoms with Crippen molar-refractivity contribution in [1.82, 2.24) is 9.97 Å². The molecule has 2 rings (SSSR count). The van der Waals surface area contributed by atoms with E-state index in [0.717, 1.165) is 30.1 Å². The number of aromatic nitrogens is 2. The Morgan fingerprint density at radius 2 is 1.96 bits per heavy atom. The first-order chi connectivity index (χ1) is 10.5. The van der Waals surface area contributed by atoms with Crippen molar-refractivity contribution in [2.75, 3.05) is 5.32 Å². The molecule has 0 amide bonds. The monoisotopic (exact) mass is 341 g/mol. The van der Waals surface area contributed by atoms with Gasteiger partial charge in [0.05, 0.1) is 16.3 Å². The van der Waals surface area contributed by atoms with E-state index in [0.29, 0.717) is 10.7 Å². The molecule has 0 aliphatic heterocycles. The summed E-state index contributed by atoms with van der Waals surface area (Å²) in [6.07, 6.45) is -2.96. The second-order valence-electron chi connectivity index (χ2n) is 5.89. The molecule has 2 aromatic rings. The SMILES string of the molecule is C=C(C)Nc1nc(C)c(-c2ccnc(C(C)(C)C(F)(F)F)c2)s1. The first-order valence-electron chi connectivity index (χ1n) is 6.96. The van der Waals surface area contributed by atoms with E-state index in [-0.39, 0.29) is 5.69 Å². The summed E-state index contributed by atoms with van der Waals surface area (Å²) < 4.78 is 39.6. The van der Waals surface area contributed by atoms with Crippen LogP contribution in [0.2, 0.25) is 0 Å². The highest BCUT2D eigenvalue weighted by molar-refractivity contribution is 7.19. The van der Waals surface area contributed by atoms with E-state index in [4.69, 9.17) is 0 Å². The molecule has 0 aliphatic carbocycles. The number of hydrogen-bond donors (Lipinski definition) is 1. The fourth-order valence-electron chi connectivity index (χ4n) is 1.96. The Kier molecular flexibility index (Phi) is 4.52. The summed E-state index contributed by atoms with van der Waals surface area (Å²) in [5.41, 5.74) is 0.154. The minimum absolute atomic E-state index is 0.00953. The van der Waals surface area contributed by atoms with E-state index in [1.165, 1.54) is 23.6 Å². The molecule has 0 radical (unpaired) electrons. The van der Waals surface area contributed by atoms with Crippen LogP contribution in [-0.4, -0.2) is 16.1 Å². The first-order valence-corrected chi connectivity index (χ1v) is 7.77. The predicted octanol–water partition coefficient (Wildman–Crippen LogP) is 5.30. The normalized spacial score (nSPS) is 12.3. The zero-order valence-electron chi connectivity index (χ0n) is 13.4. The molecule has 0 atom stereocenters. The third-order valence-corrected chi connectivity index (χ3v) is 4.61. The number of nitrogens with one attached hydrogen (secondary N) is 1. The van der Waals surface area contributed by atoms with Gasteiger partial charge in [-0.3, -0.25) is 4.98 Å². The van der Waals surface area contributed by atoms with Crippen molar-refractivity contribution in [3.05, 3.63) is 42.0 Å². The Bertz CT molecular complexity index is 732. The molecule has 3 nitrogen and oxygen atoms in total. The van der Waals surface area contributed by atoms with Crippen LogP contribution in [0, 0.1) is 6.92 Å². The van der Waals surface area contributed by atoms with Gasteiger partial charge in [0.15, 0.2) is 5.13 Å². The molecule has 23 heavy (non-hydrogen) atoms. The predicted molar refractivity (Wildman–Crippen MR) is 87.6 cm³/mol. The van der Waals surface area contributed by atoms with Crippen molar-refractivity contribution in [2.24, 2.45) is 0 Å². The second-order valence-corrected chi connectivity index (χ2v) is 6.89. The fraction of sp³-hybridized carbons (Fsp3) is 0.375. The van der Waals surface area contributed by atoms with Crippen molar-refractivity contribution >= 4 is 16.5 Å². The molecule has 0 saturated carbocycles. The topological polar surface area (TPSA) is 37.8 Å². The average Bonchev–Trinajstić information content (AvgIpc) is 2.77. The van der Waals surface area contributed by atoms with Gasteiger partial charge in [0.2, 0.25) is 0 Å². The molecule has 0 aromatic carbocycles. The van der Waals surface area contributed by atoms with Crippen molar-refractivity contribution in [1.29, 1.82) is 0 Å². The van der Waals surface area contributed by atoms with Gasteiger partial charge < -0.3 is 5.32 Å². The van der Waals surface area contributed by atoms with Crippen LogP contribution >= 0.6 is 11.3 Å². The average molecular weight is 341 g/mol. The molecule has 0 spiro atoms. The van der Waals surface area contributed by atoms with E-state index in [1.54, 1.807) is 6.07 Å². The van der Waals surface area contributed by atoms with Crippen LogP contribution in [0.1, 0.15) is 32.2 Å². The second kappa shape index (κ2) is 5.96. The Labute approximate surface area is 137 Å². The number of pyridine rings is 1. The number of halogens is 3. The summed E-state index contributed by atoms with van der Waals surface area (Å²) in [5, 5.41) is 3.69. The molecular formula is C16H18F3N3S. The molecule has 0 fully saturated rings. The van der Waals surface area contributed by atoms with Gasteiger partial charge in [-0.05, 0) is 45.4 Å². The number of alkyl halides is 3. The van der Waals surface area contributed by atoms with Gasteiger partial charge in [0.25, 0.3) is 0 Å². The molecule has 2 heterocycles. The highest BCUT2D eigenvalue weighted by atomic mass is 32.1. The molecule has 7 heteroatoms. The lowest BCUT2D eigenvalue weighted by molar-refractivity contribution is -0.181. The van der Waals surface area contributed by atoms with Crippen molar-refractivity contribution in [3.8, 4) is 10.4 Å². The minimum Gasteiger partial charge on any atom is -0.336 e. The van der Waals surface area contributed by atoms with Crippen LogP contribution in [0.4, 0.5) is 18.3 Å². The maximum absolute atomic E-state index is 13.2. The highest BCUT2D eigenvalue weighted by Crippen LogP contribution is 2.41. The van der Waals surface area contributed by atoms with E-state index >= 15 is 0 Å². The number of rotatable bonds is 4. The molecule has 0 bridgehead atoms. The quantitative estimate of drug-likeness (QED) is 0.820. The number of thiazole rings is 1. The van der Waals surface area contributed by atoms with Gasteiger partial charge in [0, 0.05) is 11.9 Å². The number of hydrogen-bond acceptors (Lipinski definition) is 4. The highest BCUT2D eigenvalue weighted by Gasteiger charge is 2.49. The maximum atomic E-state index is 13.2. The maximum Gasteiger partial charge on any atom is 0.399 e. The van der Waals surface area contributed by atoms with Crippen LogP contribution in [0.3, 0.4) is 0 Å². The number of anilines is 1. The number of aryl methyl sites for hydroxylation is 1. The molecular weight excluding hydrogens is 323 g/mol. The van der Waals surface area contributed by atoms with E-state index in [2.05, 4.69) is 21.9 Å². The summed E-state index contributed by atoms with van der Waals surface area (Å²) in [4.78, 5) is 9.11. The number of allylic oxidation sites excluding steroid dienone is 1. The van der Waals surface area contributed by atoms with Gasteiger partial charge in [-0.1, -0.05) is 17.9 Å². The van der Waals surface area contributed by atoms with Gasteiger partial charge in [-0.15, -0.1) is 0 Å². The summed E-state index contributed by atoms with van der Waals surface area (Å²) in [5.74, 6) is 0. The van der Waals surface area contributed by atoms with E-state index in [9.17, 15) is 13.2 Å². The Balaban J connectivity index is 2.45.